The summed E-state index contributed by atoms with van der Waals surface area (Å²) in [6, 6.07) is 17.7. The molecule has 1 atom stereocenters. The molecule has 134 valence electrons. The molecule has 1 heterocycles. The van der Waals surface area contributed by atoms with Gasteiger partial charge >= 0.3 is 11.9 Å². The Morgan fingerprint density at radius 2 is 1.58 bits per heavy atom. The highest BCUT2D eigenvalue weighted by atomic mass is 16.6. The molecule has 26 heavy (non-hydrogen) atoms. The Hall–Kier alpha value is -2.95. The van der Waals surface area contributed by atoms with Crippen molar-refractivity contribution in [1.82, 2.24) is 0 Å². The Morgan fingerprint density at radius 3 is 2.12 bits per heavy atom. The maximum absolute atomic E-state index is 13.0. The average Bonchev–Trinajstić information content (AvgIpc) is 3.05. The van der Waals surface area contributed by atoms with Crippen LogP contribution in [-0.4, -0.2) is 24.3 Å². The smallest absolute Gasteiger partial charge is 0.325 e. The minimum atomic E-state index is -1.65. The molecular weight excluding hydrogens is 332 g/mol. The third-order valence-electron chi connectivity index (χ3n) is 4.60. The van der Waals surface area contributed by atoms with Gasteiger partial charge in [-0.3, -0.25) is 14.4 Å². The van der Waals surface area contributed by atoms with Gasteiger partial charge in [-0.1, -0.05) is 60.7 Å². The van der Waals surface area contributed by atoms with Gasteiger partial charge in [-0.05, 0) is 19.4 Å². The average molecular weight is 352 g/mol. The number of carbonyl (C=O) groups excluding carboxylic acids is 3. The second-order valence-electron chi connectivity index (χ2n) is 6.88. The summed E-state index contributed by atoms with van der Waals surface area (Å²) in [5.41, 5.74) is -1.46. The van der Waals surface area contributed by atoms with Crippen molar-refractivity contribution in [3.8, 4) is 0 Å². The zero-order chi connectivity index (χ0) is 18.8. The van der Waals surface area contributed by atoms with E-state index in [1.54, 1.807) is 44.2 Å². The summed E-state index contributed by atoms with van der Waals surface area (Å²) in [5.74, 6) is -1.78. The molecule has 0 unspecified atom stereocenters. The lowest BCUT2D eigenvalue weighted by Crippen LogP contribution is -2.44. The molecule has 5 nitrogen and oxygen atoms in total. The molecule has 5 heteroatoms. The number of ether oxygens (including phenoxy) is 2. The minimum absolute atomic E-state index is 0.302. The summed E-state index contributed by atoms with van der Waals surface area (Å²) < 4.78 is 10.7. The number of rotatable bonds is 5. The van der Waals surface area contributed by atoms with Gasteiger partial charge in [0.25, 0.3) is 0 Å². The summed E-state index contributed by atoms with van der Waals surface area (Å²) >= 11 is 0. The molecule has 2 aromatic rings. The molecule has 1 fully saturated rings. The molecular formula is C21H20O5. The highest BCUT2D eigenvalue weighted by Crippen LogP contribution is 2.38. The molecule has 1 saturated heterocycles. The van der Waals surface area contributed by atoms with Crippen molar-refractivity contribution < 1.29 is 23.9 Å². The van der Waals surface area contributed by atoms with Crippen molar-refractivity contribution >= 4 is 17.7 Å². The van der Waals surface area contributed by atoms with Crippen LogP contribution in [0.5, 0.6) is 0 Å². The number of carbonyl (C=O) groups is 3. The van der Waals surface area contributed by atoms with E-state index in [0.29, 0.717) is 5.56 Å². The zero-order valence-corrected chi connectivity index (χ0v) is 14.7. The first kappa shape index (κ1) is 17.9. The van der Waals surface area contributed by atoms with Crippen molar-refractivity contribution in [3.63, 3.8) is 0 Å². The van der Waals surface area contributed by atoms with Crippen molar-refractivity contribution in [3.05, 3.63) is 71.8 Å². The standard InChI is InChI=1S/C21H20O5/c1-20(2,16-11-7-4-8-12-16)26-19(24)21(13-17(22)25-14-21)18(23)15-9-5-3-6-10-15/h3-12H,13-14H2,1-2H3/t21-/m0/s1. The molecule has 0 bridgehead atoms. The number of ketones is 1. The van der Waals surface area contributed by atoms with Crippen LogP contribution in [0.3, 0.4) is 0 Å². The fourth-order valence-electron chi connectivity index (χ4n) is 3.02. The Bertz CT molecular complexity index is 826. The van der Waals surface area contributed by atoms with E-state index in [9.17, 15) is 14.4 Å². The Morgan fingerprint density at radius 1 is 1.00 bits per heavy atom. The quantitative estimate of drug-likeness (QED) is 0.469. The van der Waals surface area contributed by atoms with Crippen molar-refractivity contribution in [2.45, 2.75) is 25.9 Å². The number of esters is 2. The van der Waals surface area contributed by atoms with Crippen LogP contribution in [0.4, 0.5) is 0 Å². The first-order valence-corrected chi connectivity index (χ1v) is 8.40. The van der Waals surface area contributed by atoms with Gasteiger partial charge in [-0.25, -0.2) is 0 Å². The topological polar surface area (TPSA) is 69.7 Å². The van der Waals surface area contributed by atoms with Crippen LogP contribution in [0.15, 0.2) is 60.7 Å². The summed E-state index contributed by atoms with van der Waals surface area (Å²) in [4.78, 5) is 37.8. The molecule has 3 rings (SSSR count). The highest BCUT2D eigenvalue weighted by Gasteiger charge is 2.55. The summed E-state index contributed by atoms with van der Waals surface area (Å²) in [5, 5.41) is 0. The molecule has 0 saturated carbocycles. The van der Waals surface area contributed by atoms with Crippen LogP contribution < -0.4 is 0 Å². The molecule has 0 radical (unpaired) electrons. The van der Waals surface area contributed by atoms with Gasteiger partial charge < -0.3 is 9.47 Å². The van der Waals surface area contributed by atoms with Gasteiger partial charge in [-0.15, -0.1) is 0 Å². The lowest BCUT2D eigenvalue weighted by Gasteiger charge is -2.31. The third-order valence-corrected chi connectivity index (χ3v) is 4.60. The first-order chi connectivity index (χ1) is 12.3. The van der Waals surface area contributed by atoms with Gasteiger partial charge in [0.1, 0.15) is 12.2 Å². The molecule has 0 spiro atoms. The highest BCUT2D eigenvalue weighted by molar-refractivity contribution is 6.15. The van der Waals surface area contributed by atoms with E-state index >= 15 is 0 Å². The summed E-state index contributed by atoms with van der Waals surface area (Å²) in [7, 11) is 0. The Balaban J connectivity index is 1.92. The maximum atomic E-state index is 13.0. The largest absolute Gasteiger partial charge is 0.464 e. The molecule has 0 aromatic heterocycles. The van der Waals surface area contributed by atoms with E-state index in [1.165, 1.54) is 0 Å². The van der Waals surface area contributed by atoms with Crippen LogP contribution >= 0.6 is 0 Å². The molecule has 1 aliphatic rings. The Kier molecular flexibility index (Phi) is 4.64. The van der Waals surface area contributed by atoms with E-state index in [4.69, 9.17) is 9.47 Å². The van der Waals surface area contributed by atoms with E-state index in [-0.39, 0.29) is 13.0 Å². The fraction of sp³-hybridized carbons (Fsp3) is 0.286. The molecule has 0 aliphatic carbocycles. The van der Waals surface area contributed by atoms with Crippen molar-refractivity contribution in [2.24, 2.45) is 5.41 Å². The van der Waals surface area contributed by atoms with Gasteiger partial charge in [0, 0.05) is 5.56 Å². The number of cyclic esters (lactones) is 1. The van der Waals surface area contributed by atoms with E-state index in [2.05, 4.69) is 0 Å². The second-order valence-corrected chi connectivity index (χ2v) is 6.88. The van der Waals surface area contributed by atoms with Crippen LogP contribution in [-0.2, 0) is 24.7 Å². The van der Waals surface area contributed by atoms with Gasteiger partial charge in [0.15, 0.2) is 11.2 Å². The fourth-order valence-corrected chi connectivity index (χ4v) is 3.02. The van der Waals surface area contributed by atoms with Gasteiger partial charge in [-0.2, -0.15) is 0 Å². The van der Waals surface area contributed by atoms with E-state index in [1.807, 2.05) is 30.3 Å². The van der Waals surface area contributed by atoms with Crippen LogP contribution in [0.1, 0.15) is 36.2 Å². The van der Waals surface area contributed by atoms with Crippen LogP contribution in [0.25, 0.3) is 0 Å². The number of Topliss-reactive ketones (excluding diaryl/α,β-unsaturated/α-hetero) is 1. The van der Waals surface area contributed by atoms with Crippen molar-refractivity contribution in [1.29, 1.82) is 0 Å². The monoisotopic (exact) mass is 352 g/mol. The summed E-state index contributed by atoms with van der Waals surface area (Å²) in [6.07, 6.45) is -0.315. The van der Waals surface area contributed by atoms with Crippen LogP contribution in [0.2, 0.25) is 0 Å². The number of hydrogen-bond donors (Lipinski definition) is 0. The molecule has 0 N–H and O–H groups in total. The first-order valence-electron chi connectivity index (χ1n) is 8.40. The zero-order valence-electron chi connectivity index (χ0n) is 14.7. The number of hydrogen-bond acceptors (Lipinski definition) is 5. The molecule has 0 amide bonds. The predicted molar refractivity (Wildman–Crippen MR) is 94.3 cm³/mol. The SMILES string of the molecule is CC(C)(OC(=O)[C@]1(C(=O)c2ccccc2)COC(=O)C1)c1ccccc1. The van der Waals surface area contributed by atoms with Gasteiger partial charge in [0.05, 0.1) is 6.42 Å². The molecule has 1 aliphatic heterocycles. The molecule has 2 aromatic carbocycles. The van der Waals surface area contributed by atoms with Crippen molar-refractivity contribution in [2.75, 3.05) is 6.61 Å². The van der Waals surface area contributed by atoms with E-state index in [0.717, 1.165) is 5.56 Å². The van der Waals surface area contributed by atoms with Gasteiger partial charge in [0.2, 0.25) is 0 Å². The maximum Gasteiger partial charge on any atom is 0.325 e. The second kappa shape index (κ2) is 6.75. The predicted octanol–water partition coefficient (Wildman–Crippen LogP) is 3.28. The summed E-state index contributed by atoms with van der Waals surface area (Å²) in [6.45, 7) is 3.19. The van der Waals surface area contributed by atoms with E-state index < -0.39 is 28.7 Å². The third kappa shape index (κ3) is 3.25. The normalized spacial score (nSPS) is 19.7. The lowest BCUT2D eigenvalue weighted by molar-refractivity contribution is -0.167. The van der Waals surface area contributed by atoms with Crippen LogP contribution in [0, 0.1) is 5.41 Å². The lowest BCUT2D eigenvalue weighted by atomic mass is 9.79. The Labute approximate surface area is 151 Å². The minimum Gasteiger partial charge on any atom is -0.464 e. The number of benzene rings is 2.